The summed E-state index contributed by atoms with van der Waals surface area (Å²) in [5, 5.41) is 0. The zero-order chi connectivity index (χ0) is 15.7. The lowest BCUT2D eigenvalue weighted by molar-refractivity contribution is -0.125. The number of ketones is 2. The van der Waals surface area contributed by atoms with Crippen molar-refractivity contribution in [3.8, 4) is 0 Å². The van der Waals surface area contributed by atoms with E-state index in [9.17, 15) is 9.59 Å². The fraction of sp³-hybridized carbons (Fsp3) is 0.556. The Kier molecular flexibility index (Phi) is 8.78. The topological polar surface area (TPSA) is 34.1 Å². The van der Waals surface area contributed by atoms with Gasteiger partial charge in [-0.1, -0.05) is 71.9 Å². The van der Waals surface area contributed by atoms with E-state index in [1.54, 1.807) is 0 Å². The summed E-state index contributed by atoms with van der Waals surface area (Å²) in [6, 6.07) is 9.38. The van der Waals surface area contributed by atoms with Gasteiger partial charge < -0.3 is 0 Å². The van der Waals surface area contributed by atoms with E-state index < -0.39 is 0 Å². The molecular weight excluding hydrogens is 248 g/mol. The van der Waals surface area contributed by atoms with Crippen LogP contribution in [-0.4, -0.2) is 11.6 Å². The largest absolute Gasteiger partial charge is 0.299 e. The second kappa shape index (κ2) is 9.46. The number of carbonyl (C=O) groups is 2. The van der Waals surface area contributed by atoms with Gasteiger partial charge in [0.05, 0.1) is 0 Å². The number of carbonyl (C=O) groups excluding carboxylic acids is 2. The Morgan fingerprint density at radius 2 is 1.40 bits per heavy atom. The van der Waals surface area contributed by atoms with E-state index >= 15 is 0 Å². The first-order valence-corrected chi connectivity index (χ1v) is 7.44. The molecule has 0 aliphatic heterocycles. The average Bonchev–Trinajstić information content (AvgIpc) is 2.46. The molecular formula is C18H28O2. The maximum atomic E-state index is 11.3. The van der Waals surface area contributed by atoms with Gasteiger partial charge in [-0.3, -0.25) is 9.59 Å². The molecule has 1 aromatic carbocycles. The van der Waals surface area contributed by atoms with Crippen molar-refractivity contribution in [2.45, 2.75) is 48.0 Å². The summed E-state index contributed by atoms with van der Waals surface area (Å²) in [6.07, 6.45) is 0.969. The van der Waals surface area contributed by atoms with Crippen LogP contribution in [0.2, 0.25) is 0 Å². The summed E-state index contributed by atoms with van der Waals surface area (Å²) in [6.45, 7) is 11.8. The van der Waals surface area contributed by atoms with Crippen LogP contribution in [0.25, 0.3) is 0 Å². The molecule has 0 aromatic heterocycles. The van der Waals surface area contributed by atoms with Crippen LogP contribution in [0.3, 0.4) is 0 Å². The van der Waals surface area contributed by atoms with Crippen LogP contribution in [0.4, 0.5) is 0 Å². The van der Waals surface area contributed by atoms with E-state index in [0.717, 1.165) is 12.0 Å². The van der Waals surface area contributed by atoms with Crippen molar-refractivity contribution < 1.29 is 9.59 Å². The fourth-order valence-electron chi connectivity index (χ4n) is 1.71. The van der Waals surface area contributed by atoms with E-state index in [-0.39, 0.29) is 23.5 Å². The first-order chi connectivity index (χ1) is 9.31. The second-order valence-electron chi connectivity index (χ2n) is 5.75. The smallest absolute Gasteiger partial charge is 0.165 e. The highest BCUT2D eigenvalue weighted by Crippen LogP contribution is 2.08. The van der Waals surface area contributed by atoms with Gasteiger partial charge in [-0.25, -0.2) is 0 Å². The molecule has 0 bridgehead atoms. The summed E-state index contributed by atoms with van der Waals surface area (Å²) in [5.41, 5.74) is 0.808. The third-order valence-electron chi connectivity index (χ3n) is 3.25. The van der Waals surface area contributed by atoms with Gasteiger partial charge in [0.15, 0.2) is 5.78 Å². The highest BCUT2D eigenvalue weighted by Gasteiger charge is 2.13. The average molecular weight is 276 g/mol. The predicted molar refractivity (Wildman–Crippen MR) is 84.9 cm³/mol. The summed E-state index contributed by atoms with van der Waals surface area (Å²) < 4.78 is 0. The van der Waals surface area contributed by atoms with E-state index in [2.05, 4.69) is 0 Å². The first-order valence-electron chi connectivity index (χ1n) is 7.44. The first kappa shape index (κ1) is 18.6. The van der Waals surface area contributed by atoms with Gasteiger partial charge in [0.2, 0.25) is 0 Å². The van der Waals surface area contributed by atoms with E-state index in [4.69, 9.17) is 0 Å². The van der Waals surface area contributed by atoms with E-state index in [1.165, 1.54) is 0 Å². The Labute approximate surface area is 123 Å². The molecule has 1 atom stereocenters. The van der Waals surface area contributed by atoms with Gasteiger partial charge in [-0.05, 0) is 6.42 Å². The quantitative estimate of drug-likeness (QED) is 0.725. The van der Waals surface area contributed by atoms with Crippen LogP contribution < -0.4 is 0 Å². The van der Waals surface area contributed by atoms with Crippen molar-refractivity contribution in [3.05, 3.63) is 35.9 Å². The number of Topliss-reactive ketones (excluding diaryl/α,β-unsaturated/α-hetero) is 2. The lowest BCUT2D eigenvalue weighted by Gasteiger charge is -2.08. The molecule has 20 heavy (non-hydrogen) atoms. The number of benzene rings is 1. The van der Waals surface area contributed by atoms with Gasteiger partial charge in [0.25, 0.3) is 0 Å². The van der Waals surface area contributed by atoms with Crippen molar-refractivity contribution >= 4 is 11.6 Å². The van der Waals surface area contributed by atoms with Crippen molar-refractivity contribution in [1.82, 2.24) is 0 Å². The van der Waals surface area contributed by atoms with Crippen LogP contribution in [-0.2, 0) is 4.79 Å². The van der Waals surface area contributed by atoms with Gasteiger partial charge >= 0.3 is 0 Å². The number of hydrogen-bond donors (Lipinski definition) is 0. The summed E-state index contributed by atoms with van der Waals surface area (Å²) >= 11 is 0. The maximum Gasteiger partial charge on any atom is 0.165 e. The minimum atomic E-state index is 0.0948. The molecule has 0 aliphatic carbocycles. The van der Waals surface area contributed by atoms with Gasteiger partial charge in [0.1, 0.15) is 5.78 Å². The molecule has 1 unspecified atom stereocenters. The summed E-state index contributed by atoms with van der Waals surface area (Å²) in [5.74, 6) is 1.16. The molecule has 0 amide bonds. The lowest BCUT2D eigenvalue weighted by Crippen LogP contribution is -2.15. The minimum Gasteiger partial charge on any atom is -0.299 e. The lowest BCUT2D eigenvalue weighted by atomic mass is 9.95. The van der Waals surface area contributed by atoms with Gasteiger partial charge in [0, 0.05) is 23.3 Å². The monoisotopic (exact) mass is 276 g/mol. The van der Waals surface area contributed by atoms with Crippen LogP contribution in [0.1, 0.15) is 58.3 Å². The normalized spacial score (nSPS) is 11.8. The predicted octanol–water partition coefficient (Wildman–Crippen LogP) is 4.78. The molecule has 0 aliphatic rings. The molecule has 2 nitrogen and oxygen atoms in total. The zero-order valence-electron chi connectivity index (χ0n) is 13.6. The maximum absolute atomic E-state index is 11.3. The SMILES string of the molecule is CC(C)C(=O)c1ccccc1.CCC(C)C(=O)C(C)C. The van der Waals surface area contributed by atoms with E-state index in [1.807, 2.05) is 71.9 Å². The van der Waals surface area contributed by atoms with Crippen molar-refractivity contribution in [3.63, 3.8) is 0 Å². The molecule has 112 valence electrons. The van der Waals surface area contributed by atoms with Gasteiger partial charge in [-0.15, -0.1) is 0 Å². The Hall–Kier alpha value is -1.44. The summed E-state index contributed by atoms with van der Waals surface area (Å²) in [7, 11) is 0. The highest BCUT2D eigenvalue weighted by molar-refractivity contribution is 5.97. The highest BCUT2D eigenvalue weighted by atomic mass is 16.1. The third-order valence-corrected chi connectivity index (χ3v) is 3.25. The molecule has 0 radical (unpaired) electrons. The number of hydrogen-bond acceptors (Lipinski definition) is 2. The Morgan fingerprint density at radius 3 is 1.70 bits per heavy atom. The van der Waals surface area contributed by atoms with Crippen molar-refractivity contribution in [2.75, 3.05) is 0 Å². The Morgan fingerprint density at radius 1 is 0.900 bits per heavy atom. The minimum absolute atomic E-state index is 0.0948. The van der Waals surface area contributed by atoms with Crippen LogP contribution in [0.15, 0.2) is 30.3 Å². The molecule has 0 N–H and O–H groups in total. The summed E-state index contributed by atoms with van der Waals surface area (Å²) in [4.78, 5) is 22.4. The van der Waals surface area contributed by atoms with Gasteiger partial charge in [-0.2, -0.15) is 0 Å². The zero-order valence-corrected chi connectivity index (χ0v) is 13.6. The fourth-order valence-corrected chi connectivity index (χ4v) is 1.71. The molecule has 1 aromatic rings. The number of rotatable bonds is 5. The Bertz CT molecular complexity index is 405. The Balaban J connectivity index is 0.000000370. The van der Waals surface area contributed by atoms with Crippen LogP contribution in [0, 0.1) is 17.8 Å². The molecule has 0 saturated heterocycles. The molecule has 0 saturated carbocycles. The van der Waals surface area contributed by atoms with Crippen LogP contribution in [0.5, 0.6) is 0 Å². The van der Waals surface area contributed by atoms with Crippen molar-refractivity contribution in [2.24, 2.45) is 17.8 Å². The second-order valence-corrected chi connectivity index (χ2v) is 5.75. The van der Waals surface area contributed by atoms with Crippen molar-refractivity contribution in [1.29, 1.82) is 0 Å². The third kappa shape index (κ3) is 6.65. The van der Waals surface area contributed by atoms with Crippen LogP contribution >= 0.6 is 0 Å². The molecule has 0 spiro atoms. The molecule has 0 heterocycles. The molecule has 1 rings (SSSR count). The molecule has 0 fully saturated rings. The standard InChI is InChI=1S/C10H12O.C8H16O/c1-8(2)10(11)9-6-4-3-5-7-9;1-5-7(4)8(9)6(2)3/h3-8H,1-2H3;6-7H,5H2,1-4H3. The van der Waals surface area contributed by atoms with E-state index in [0.29, 0.717) is 5.78 Å². The molecule has 2 heteroatoms.